The lowest BCUT2D eigenvalue weighted by atomic mass is 10.1. The van der Waals surface area contributed by atoms with Crippen LogP contribution in [0.3, 0.4) is 0 Å². The lowest BCUT2D eigenvalue weighted by molar-refractivity contribution is 0.0219. The average Bonchev–Trinajstić information content (AvgIpc) is 3.05. The zero-order chi connectivity index (χ0) is 27.1. The summed E-state index contributed by atoms with van der Waals surface area (Å²) in [5.41, 5.74) is 2.47. The van der Waals surface area contributed by atoms with Crippen molar-refractivity contribution in [1.29, 1.82) is 0 Å². The molecule has 4 rings (SSSR count). The molecule has 0 saturated carbocycles. The number of para-hydroxylation sites is 1. The Morgan fingerprint density at radius 3 is 2.30 bits per heavy atom. The highest BCUT2D eigenvalue weighted by Gasteiger charge is 2.32. The van der Waals surface area contributed by atoms with Crippen molar-refractivity contribution in [1.82, 2.24) is 14.0 Å². The zero-order valence-electron chi connectivity index (χ0n) is 22.5. The molecule has 1 fully saturated rings. The van der Waals surface area contributed by atoms with Crippen LogP contribution in [0.5, 0.6) is 5.75 Å². The van der Waals surface area contributed by atoms with E-state index >= 15 is 0 Å². The fraction of sp³-hybridized carbons (Fsp3) is 0.444. The van der Waals surface area contributed by atoms with Crippen molar-refractivity contribution < 1.29 is 19.1 Å². The van der Waals surface area contributed by atoms with Gasteiger partial charge in [0.05, 0.1) is 35.1 Å². The molecule has 0 spiro atoms. The summed E-state index contributed by atoms with van der Waals surface area (Å²) in [4.78, 5) is 42.5. The largest absolute Gasteiger partial charge is 0.496 e. The summed E-state index contributed by atoms with van der Waals surface area (Å²) in [6, 6.07) is 10.7. The highest BCUT2D eigenvalue weighted by molar-refractivity contribution is 6.09. The maximum absolute atomic E-state index is 13.3. The number of methoxy groups -OCH3 is 1. The minimum absolute atomic E-state index is 0.0682. The molecule has 1 atom stereocenters. The summed E-state index contributed by atoms with van der Waals surface area (Å²) in [5, 5.41) is 3.04. The van der Waals surface area contributed by atoms with Gasteiger partial charge in [0.25, 0.3) is 5.91 Å². The Morgan fingerprint density at radius 1 is 1.03 bits per heavy atom. The third-order valence-electron chi connectivity index (χ3n) is 6.58. The normalized spacial score (nSPS) is 16.1. The number of fused-ring (bicyclic) bond motifs is 1. The number of anilines is 2. The number of carbonyl (C=O) groups excluding carboxylic acids is 2. The Kier molecular flexibility index (Phi) is 6.94. The molecule has 0 aliphatic carbocycles. The number of piperazine rings is 1. The van der Waals surface area contributed by atoms with Crippen LogP contribution in [-0.4, -0.2) is 64.4 Å². The van der Waals surface area contributed by atoms with E-state index in [4.69, 9.17) is 9.47 Å². The van der Waals surface area contributed by atoms with E-state index in [1.165, 1.54) is 7.11 Å². The summed E-state index contributed by atoms with van der Waals surface area (Å²) in [5.74, 6) is 0.146. The SMILES string of the molecule is COc1ccccc1C(=O)Nc1cc2c(cc1N1CCN(C(=O)OC(C)(C)C)CC1C)n(C)c(=O)n2C. The molecule has 1 aromatic heterocycles. The Morgan fingerprint density at radius 2 is 1.68 bits per heavy atom. The first-order chi connectivity index (χ1) is 17.4. The summed E-state index contributed by atoms with van der Waals surface area (Å²) in [6.45, 7) is 9.02. The molecule has 1 N–H and O–H groups in total. The van der Waals surface area contributed by atoms with E-state index < -0.39 is 5.60 Å². The molecule has 0 bridgehead atoms. The number of rotatable bonds is 4. The molecule has 37 heavy (non-hydrogen) atoms. The van der Waals surface area contributed by atoms with Gasteiger partial charge in [0.1, 0.15) is 11.4 Å². The molecule has 1 saturated heterocycles. The van der Waals surface area contributed by atoms with E-state index in [1.807, 2.05) is 39.8 Å². The smallest absolute Gasteiger partial charge is 0.410 e. The molecule has 10 heteroatoms. The monoisotopic (exact) mass is 509 g/mol. The predicted octanol–water partition coefficient (Wildman–Crippen LogP) is 3.58. The maximum atomic E-state index is 13.3. The van der Waals surface area contributed by atoms with Crippen LogP contribution in [0.1, 0.15) is 38.1 Å². The number of nitrogens with zero attached hydrogens (tertiary/aromatic N) is 4. The van der Waals surface area contributed by atoms with Crippen LogP contribution in [-0.2, 0) is 18.8 Å². The average molecular weight is 510 g/mol. The number of amides is 2. The second-order valence-corrected chi connectivity index (χ2v) is 10.4. The molecule has 2 aromatic carbocycles. The van der Waals surface area contributed by atoms with Gasteiger partial charge in [-0.1, -0.05) is 12.1 Å². The summed E-state index contributed by atoms with van der Waals surface area (Å²) >= 11 is 0. The second kappa shape index (κ2) is 9.84. The Balaban J connectivity index is 1.72. The maximum Gasteiger partial charge on any atom is 0.410 e. The summed E-state index contributed by atoms with van der Waals surface area (Å²) in [7, 11) is 4.96. The predicted molar refractivity (Wildman–Crippen MR) is 144 cm³/mol. The lowest BCUT2D eigenvalue weighted by Gasteiger charge is -2.42. The number of aromatic nitrogens is 2. The van der Waals surface area contributed by atoms with Crippen molar-refractivity contribution in [2.45, 2.75) is 39.3 Å². The standard InChI is InChI=1S/C27H35N5O5/c1-17-16-31(26(35)37-27(2,3)4)12-13-32(17)20-15-22-21(29(5)25(34)30(22)6)14-19(20)28-24(33)18-10-8-9-11-23(18)36-7/h8-11,14-15,17H,12-13,16H2,1-7H3,(H,28,33). The number of aryl methyl sites for hydroxylation is 2. The van der Waals surface area contributed by atoms with Crippen LogP contribution in [0.2, 0.25) is 0 Å². The number of hydrogen-bond acceptors (Lipinski definition) is 6. The van der Waals surface area contributed by atoms with Crippen LogP contribution in [0.25, 0.3) is 11.0 Å². The molecule has 0 radical (unpaired) electrons. The van der Waals surface area contributed by atoms with Crippen LogP contribution in [0, 0.1) is 0 Å². The highest BCUT2D eigenvalue weighted by atomic mass is 16.6. The number of benzene rings is 2. The molecule has 2 heterocycles. The van der Waals surface area contributed by atoms with Crippen molar-refractivity contribution in [3.8, 4) is 5.75 Å². The number of ether oxygens (including phenoxy) is 2. The first-order valence-corrected chi connectivity index (χ1v) is 12.3. The van der Waals surface area contributed by atoms with E-state index in [0.29, 0.717) is 42.2 Å². The molecule has 1 aliphatic heterocycles. The molecule has 198 valence electrons. The van der Waals surface area contributed by atoms with Crippen LogP contribution in [0.15, 0.2) is 41.2 Å². The third kappa shape index (κ3) is 5.14. The Bertz CT molecular complexity index is 1400. The number of nitrogens with one attached hydrogen (secondary N) is 1. The van der Waals surface area contributed by atoms with Gasteiger partial charge >= 0.3 is 11.8 Å². The van der Waals surface area contributed by atoms with E-state index in [0.717, 1.165) is 11.2 Å². The molecule has 1 aliphatic rings. The van der Waals surface area contributed by atoms with E-state index in [2.05, 4.69) is 10.2 Å². The van der Waals surface area contributed by atoms with Gasteiger partial charge in [0, 0.05) is 39.8 Å². The molecule has 2 amide bonds. The van der Waals surface area contributed by atoms with Gasteiger partial charge in [-0.25, -0.2) is 9.59 Å². The van der Waals surface area contributed by atoms with E-state index in [1.54, 1.807) is 52.4 Å². The van der Waals surface area contributed by atoms with Crippen LogP contribution in [0.4, 0.5) is 16.2 Å². The molecular formula is C27H35N5O5. The second-order valence-electron chi connectivity index (χ2n) is 10.4. The van der Waals surface area contributed by atoms with Gasteiger partial charge in [0.2, 0.25) is 0 Å². The van der Waals surface area contributed by atoms with Gasteiger partial charge in [-0.15, -0.1) is 0 Å². The summed E-state index contributed by atoms with van der Waals surface area (Å²) in [6.07, 6.45) is -0.343. The van der Waals surface area contributed by atoms with Crippen molar-refractivity contribution >= 4 is 34.4 Å². The van der Waals surface area contributed by atoms with Gasteiger partial charge in [-0.05, 0) is 52.0 Å². The van der Waals surface area contributed by atoms with Crippen molar-refractivity contribution in [3.05, 3.63) is 52.4 Å². The number of imidazole rings is 1. The minimum Gasteiger partial charge on any atom is -0.496 e. The summed E-state index contributed by atoms with van der Waals surface area (Å²) < 4.78 is 14.1. The molecule has 3 aromatic rings. The van der Waals surface area contributed by atoms with Gasteiger partial charge in [0.15, 0.2) is 0 Å². The van der Waals surface area contributed by atoms with Gasteiger partial charge in [-0.3, -0.25) is 13.9 Å². The van der Waals surface area contributed by atoms with Crippen molar-refractivity contribution in [2.75, 3.05) is 37.0 Å². The van der Waals surface area contributed by atoms with Crippen LogP contribution >= 0.6 is 0 Å². The Hall–Kier alpha value is -3.95. The van der Waals surface area contributed by atoms with Gasteiger partial charge < -0.3 is 24.6 Å². The minimum atomic E-state index is -0.573. The van der Waals surface area contributed by atoms with E-state index in [9.17, 15) is 14.4 Å². The highest BCUT2D eigenvalue weighted by Crippen LogP contribution is 2.34. The Labute approximate surface area is 216 Å². The van der Waals surface area contributed by atoms with Crippen LogP contribution < -0.4 is 20.6 Å². The molecule has 10 nitrogen and oxygen atoms in total. The first-order valence-electron chi connectivity index (χ1n) is 12.3. The van der Waals surface area contributed by atoms with Gasteiger partial charge in [-0.2, -0.15) is 0 Å². The molecule has 1 unspecified atom stereocenters. The topological polar surface area (TPSA) is 98.0 Å². The van der Waals surface area contributed by atoms with Crippen molar-refractivity contribution in [2.24, 2.45) is 14.1 Å². The quantitative estimate of drug-likeness (QED) is 0.577. The van der Waals surface area contributed by atoms with Crippen molar-refractivity contribution in [3.63, 3.8) is 0 Å². The number of carbonyl (C=O) groups is 2. The molecular weight excluding hydrogens is 474 g/mol. The fourth-order valence-corrected chi connectivity index (χ4v) is 4.70. The van der Waals surface area contributed by atoms with E-state index in [-0.39, 0.29) is 23.7 Å². The fourth-order valence-electron chi connectivity index (χ4n) is 4.70. The third-order valence-corrected chi connectivity index (χ3v) is 6.58. The number of hydrogen-bond donors (Lipinski definition) is 1. The lowest BCUT2D eigenvalue weighted by Crippen LogP contribution is -2.54. The zero-order valence-corrected chi connectivity index (χ0v) is 22.5. The first kappa shape index (κ1) is 26.1.